The maximum Gasteiger partial charge on any atom is 0.248 e. The number of nitrogens with one attached hydrogen (secondary N) is 1. The summed E-state index contributed by atoms with van der Waals surface area (Å²) in [6, 6.07) is -0.268. The van der Waals surface area contributed by atoms with Crippen LogP contribution in [0, 0.1) is 5.92 Å². The van der Waals surface area contributed by atoms with E-state index in [0.717, 1.165) is 6.42 Å². The van der Waals surface area contributed by atoms with Crippen molar-refractivity contribution in [2.45, 2.75) is 72.0 Å². The molecular formula is C14H26N2O2. The fourth-order valence-corrected chi connectivity index (χ4v) is 2.63. The largest absolute Gasteiger partial charge is 0.340 e. The third-order valence-electron chi connectivity index (χ3n) is 3.90. The molecule has 104 valence electrons. The predicted molar refractivity (Wildman–Crippen MR) is 72.1 cm³/mol. The number of amides is 2. The molecule has 1 N–H and O–H groups in total. The van der Waals surface area contributed by atoms with Crippen LogP contribution in [0.4, 0.5) is 0 Å². The third kappa shape index (κ3) is 2.68. The quantitative estimate of drug-likeness (QED) is 0.833. The Morgan fingerprint density at radius 1 is 1.33 bits per heavy atom. The summed E-state index contributed by atoms with van der Waals surface area (Å²) >= 11 is 0. The van der Waals surface area contributed by atoms with Crippen molar-refractivity contribution in [3.05, 3.63) is 0 Å². The van der Waals surface area contributed by atoms with E-state index in [0.29, 0.717) is 12.3 Å². The summed E-state index contributed by atoms with van der Waals surface area (Å²) in [6.45, 7) is 11.8. The van der Waals surface area contributed by atoms with Gasteiger partial charge in [-0.1, -0.05) is 20.8 Å². The van der Waals surface area contributed by atoms with Crippen LogP contribution < -0.4 is 5.32 Å². The highest BCUT2D eigenvalue weighted by molar-refractivity contribution is 5.99. The Morgan fingerprint density at radius 3 is 2.33 bits per heavy atom. The second-order valence-electron chi connectivity index (χ2n) is 6.04. The molecule has 0 spiro atoms. The lowest BCUT2D eigenvalue weighted by Crippen LogP contribution is -2.69. The van der Waals surface area contributed by atoms with E-state index in [1.807, 2.05) is 20.8 Å². The Kier molecular flexibility index (Phi) is 4.41. The van der Waals surface area contributed by atoms with E-state index in [4.69, 9.17) is 0 Å². The first-order chi connectivity index (χ1) is 8.23. The van der Waals surface area contributed by atoms with Crippen LogP contribution in [-0.2, 0) is 9.59 Å². The first-order valence-corrected chi connectivity index (χ1v) is 6.87. The molecule has 0 aromatic heterocycles. The molecule has 4 nitrogen and oxygen atoms in total. The van der Waals surface area contributed by atoms with Gasteiger partial charge in [-0.3, -0.25) is 9.59 Å². The van der Waals surface area contributed by atoms with Gasteiger partial charge in [0.15, 0.2) is 0 Å². The zero-order chi connectivity index (χ0) is 14.1. The SMILES string of the molecule is CCC1(C)NC(=O)C(C)N(C(C)CC(C)C)C1=O. The highest BCUT2D eigenvalue weighted by Crippen LogP contribution is 2.25. The maximum absolute atomic E-state index is 12.6. The van der Waals surface area contributed by atoms with Gasteiger partial charge in [-0.05, 0) is 39.5 Å². The lowest BCUT2D eigenvalue weighted by molar-refractivity contribution is -0.156. The molecular weight excluding hydrogens is 228 g/mol. The van der Waals surface area contributed by atoms with Crippen LogP contribution in [0.3, 0.4) is 0 Å². The van der Waals surface area contributed by atoms with E-state index in [1.165, 1.54) is 0 Å². The minimum absolute atomic E-state index is 0.0465. The summed E-state index contributed by atoms with van der Waals surface area (Å²) in [7, 11) is 0. The van der Waals surface area contributed by atoms with Crippen molar-refractivity contribution in [1.82, 2.24) is 10.2 Å². The number of nitrogens with zero attached hydrogens (tertiary/aromatic N) is 1. The molecule has 2 amide bonds. The van der Waals surface area contributed by atoms with Gasteiger partial charge in [0.2, 0.25) is 11.8 Å². The van der Waals surface area contributed by atoms with Crippen LogP contribution >= 0.6 is 0 Å². The minimum Gasteiger partial charge on any atom is -0.340 e. The number of carbonyl (C=O) groups is 2. The number of hydrogen-bond acceptors (Lipinski definition) is 2. The molecule has 1 heterocycles. The molecule has 1 rings (SSSR count). The zero-order valence-electron chi connectivity index (χ0n) is 12.4. The monoisotopic (exact) mass is 254 g/mol. The van der Waals surface area contributed by atoms with E-state index in [-0.39, 0.29) is 23.9 Å². The Bertz CT molecular complexity index is 341. The Morgan fingerprint density at radius 2 is 1.89 bits per heavy atom. The molecule has 0 saturated carbocycles. The van der Waals surface area contributed by atoms with Crippen LogP contribution in [0.2, 0.25) is 0 Å². The molecule has 4 heteroatoms. The summed E-state index contributed by atoms with van der Waals surface area (Å²) < 4.78 is 0. The van der Waals surface area contributed by atoms with Crippen LogP contribution in [0.1, 0.15) is 54.4 Å². The van der Waals surface area contributed by atoms with Crippen molar-refractivity contribution in [3.8, 4) is 0 Å². The Balaban J connectivity index is 2.99. The van der Waals surface area contributed by atoms with Gasteiger partial charge in [0.05, 0.1) is 0 Å². The van der Waals surface area contributed by atoms with Crippen molar-refractivity contribution in [3.63, 3.8) is 0 Å². The van der Waals surface area contributed by atoms with Crippen LogP contribution in [0.15, 0.2) is 0 Å². The number of carbonyl (C=O) groups excluding carboxylic acids is 2. The van der Waals surface area contributed by atoms with Crippen LogP contribution in [0.5, 0.6) is 0 Å². The molecule has 0 radical (unpaired) electrons. The lowest BCUT2D eigenvalue weighted by Gasteiger charge is -2.46. The van der Waals surface area contributed by atoms with E-state index in [1.54, 1.807) is 11.8 Å². The van der Waals surface area contributed by atoms with Gasteiger partial charge in [0, 0.05) is 6.04 Å². The highest BCUT2D eigenvalue weighted by atomic mass is 16.2. The van der Waals surface area contributed by atoms with Gasteiger partial charge < -0.3 is 10.2 Å². The second kappa shape index (κ2) is 5.29. The normalized spacial score (nSPS) is 30.6. The number of rotatable bonds is 4. The molecule has 0 aliphatic carbocycles. The van der Waals surface area contributed by atoms with Gasteiger partial charge in [-0.2, -0.15) is 0 Å². The van der Waals surface area contributed by atoms with Crippen molar-refractivity contribution < 1.29 is 9.59 Å². The molecule has 1 aliphatic rings. The van der Waals surface area contributed by atoms with Gasteiger partial charge in [-0.15, -0.1) is 0 Å². The van der Waals surface area contributed by atoms with E-state index < -0.39 is 5.54 Å². The standard InChI is InChI=1S/C14H26N2O2/c1-7-14(6)13(18)16(10(4)8-9(2)3)11(5)12(17)15-14/h9-11H,7-8H2,1-6H3,(H,15,17). The van der Waals surface area contributed by atoms with E-state index >= 15 is 0 Å². The molecule has 0 bridgehead atoms. The van der Waals surface area contributed by atoms with Gasteiger partial charge in [0.1, 0.15) is 11.6 Å². The lowest BCUT2D eigenvalue weighted by atomic mass is 9.90. The Labute approximate surface area is 110 Å². The molecule has 18 heavy (non-hydrogen) atoms. The average molecular weight is 254 g/mol. The van der Waals surface area contributed by atoms with Crippen molar-refractivity contribution in [2.75, 3.05) is 0 Å². The molecule has 3 atom stereocenters. The Hall–Kier alpha value is -1.06. The minimum atomic E-state index is -0.741. The van der Waals surface area contributed by atoms with E-state index in [2.05, 4.69) is 19.2 Å². The number of piperazine rings is 1. The van der Waals surface area contributed by atoms with Crippen LogP contribution in [-0.4, -0.2) is 34.3 Å². The first kappa shape index (κ1) is 15.0. The zero-order valence-corrected chi connectivity index (χ0v) is 12.4. The number of hydrogen-bond donors (Lipinski definition) is 1. The molecule has 1 saturated heterocycles. The second-order valence-corrected chi connectivity index (χ2v) is 6.04. The average Bonchev–Trinajstić information content (AvgIpc) is 2.26. The molecule has 1 fully saturated rings. The molecule has 0 aromatic carbocycles. The van der Waals surface area contributed by atoms with Crippen molar-refractivity contribution in [1.29, 1.82) is 0 Å². The summed E-state index contributed by atoms with van der Waals surface area (Å²) in [6.07, 6.45) is 1.54. The van der Waals surface area contributed by atoms with Crippen molar-refractivity contribution >= 4 is 11.8 Å². The third-order valence-corrected chi connectivity index (χ3v) is 3.90. The smallest absolute Gasteiger partial charge is 0.248 e. The molecule has 1 aliphatic heterocycles. The van der Waals surface area contributed by atoms with Crippen LogP contribution in [0.25, 0.3) is 0 Å². The fraction of sp³-hybridized carbons (Fsp3) is 0.857. The van der Waals surface area contributed by atoms with Gasteiger partial charge >= 0.3 is 0 Å². The molecule has 3 unspecified atom stereocenters. The highest BCUT2D eigenvalue weighted by Gasteiger charge is 2.46. The van der Waals surface area contributed by atoms with Gasteiger partial charge in [-0.25, -0.2) is 0 Å². The fourth-order valence-electron chi connectivity index (χ4n) is 2.63. The topological polar surface area (TPSA) is 49.4 Å². The summed E-state index contributed by atoms with van der Waals surface area (Å²) in [5.41, 5.74) is -0.741. The van der Waals surface area contributed by atoms with Crippen molar-refractivity contribution in [2.24, 2.45) is 5.92 Å². The predicted octanol–water partition coefficient (Wildman–Crippen LogP) is 1.94. The maximum atomic E-state index is 12.6. The van der Waals surface area contributed by atoms with Gasteiger partial charge in [0.25, 0.3) is 0 Å². The summed E-state index contributed by atoms with van der Waals surface area (Å²) in [5.74, 6) is 0.512. The first-order valence-electron chi connectivity index (χ1n) is 6.87. The summed E-state index contributed by atoms with van der Waals surface area (Å²) in [4.78, 5) is 26.3. The summed E-state index contributed by atoms with van der Waals surface area (Å²) in [5, 5.41) is 2.85. The van der Waals surface area contributed by atoms with E-state index in [9.17, 15) is 9.59 Å². The molecule has 0 aromatic rings.